The van der Waals surface area contributed by atoms with Crippen LogP contribution in [0.1, 0.15) is 42.5 Å². The minimum Gasteiger partial charge on any atom is -0.378 e. The van der Waals surface area contributed by atoms with Crippen LogP contribution in [0.15, 0.2) is 24.4 Å². The lowest BCUT2D eigenvalue weighted by Gasteiger charge is -2.22. The molecule has 1 aromatic heterocycles. The average Bonchev–Trinajstić information content (AvgIpc) is 2.89. The molecule has 0 radical (unpaired) electrons. The molecule has 1 unspecified atom stereocenters. The minimum absolute atomic E-state index is 0.160. The fraction of sp³-hybridized carbons (Fsp3) is 0.438. The van der Waals surface area contributed by atoms with E-state index < -0.39 is 0 Å². The molecule has 106 valence electrons. The summed E-state index contributed by atoms with van der Waals surface area (Å²) in [7, 11) is 0. The molecular weight excluding hydrogens is 274 g/mol. The summed E-state index contributed by atoms with van der Waals surface area (Å²) < 4.78 is 5.67. The van der Waals surface area contributed by atoms with E-state index in [9.17, 15) is 4.79 Å². The molecule has 0 aliphatic carbocycles. The van der Waals surface area contributed by atoms with Gasteiger partial charge in [-0.25, -0.2) is 0 Å². The molecule has 1 saturated heterocycles. The van der Waals surface area contributed by atoms with Crippen LogP contribution in [0.3, 0.4) is 0 Å². The molecule has 2 heterocycles. The highest BCUT2D eigenvalue weighted by Crippen LogP contribution is 2.25. The van der Waals surface area contributed by atoms with Crippen LogP contribution in [0.25, 0.3) is 10.9 Å². The van der Waals surface area contributed by atoms with E-state index in [-0.39, 0.29) is 11.9 Å². The van der Waals surface area contributed by atoms with Crippen LogP contribution < -0.4 is 0 Å². The monoisotopic (exact) mass is 291 g/mol. The highest BCUT2D eigenvalue weighted by Gasteiger charge is 2.17. The molecule has 1 aliphatic rings. The van der Waals surface area contributed by atoms with Gasteiger partial charge in [-0.2, -0.15) is 0 Å². The summed E-state index contributed by atoms with van der Waals surface area (Å²) in [5, 5.41) is 1.56. The Morgan fingerprint density at radius 3 is 3.10 bits per heavy atom. The summed E-state index contributed by atoms with van der Waals surface area (Å²) in [6, 6.07) is 5.57. The van der Waals surface area contributed by atoms with Gasteiger partial charge in [-0.1, -0.05) is 11.6 Å². The molecule has 0 spiro atoms. The van der Waals surface area contributed by atoms with Gasteiger partial charge in [0.25, 0.3) is 0 Å². The van der Waals surface area contributed by atoms with Gasteiger partial charge in [0.05, 0.1) is 6.10 Å². The maximum Gasteiger partial charge on any atom is 0.165 e. The summed E-state index contributed by atoms with van der Waals surface area (Å²) in [6.45, 7) is 0.835. The highest BCUT2D eigenvalue weighted by molar-refractivity contribution is 6.31. The van der Waals surface area contributed by atoms with Gasteiger partial charge >= 0.3 is 0 Å². The molecule has 2 aromatic rings. The van der Waals surface area contributed by atoms with Crippen LogP contribution in [0, 0.1) is 0 Å². The first-order valence-electron chi connectivity index (χ1n) is 7.15. The Bertz CT molecular complexity index is 614. The summed E-state index contributed by atoms with van der Waals surface area (Å²) in [4.78, 5) is 15.5. The summed E-state index contributed by atoms with van der Waals surface area (Å²) >= 11 is 6.01. The Labute approximate surface area is 123 Å². The molecule has 3 nitrogen and oxygen atoms in total. The number of benzene rings is 1. The van der Waals surface area contributed by atoms with Crippen LogP contribution in [-0.2, 0) is 4.74 Å². The number of hydrogen-bond acceptors (Lipinski definition) is 2. The van der Waals surface area contributed by atoms with Crippen molar-refractivity contribution in [2.75, 3.05) is 6.61 Å². The zero-order valence-corrected chi connectivity index (χ0v) is 12.1. The van der Waals surface area contributed by atoms with Gasteiger partial charge < -0.3 is 9.72 Å². The molecule has 1 aliphatic heterocycles. The maximum atomic E-state index is 12.4. The van der Waals surface area contributed by atoms with Gasteiger partial charge in [0.15, 0.2) is 5.78 Å². The molecule has 1 atom stereocenters. The second-order valence-electron chi connectivity index (χ2n) is 5.34. The molecule has 3 rings (SSSR count). The number of aromatic nitrogens is 1. The van der Waals surface area contributed by atoms with Gasteiger partial charge in [0.1, 0.15) is 0 Å². The Kier molecular flexibility index (Phi) is 4.08. The van der Waals surface area contributed by atoms with Gasteiger partial charge in [-0.05, 0) is 43.9 Å². The third-order valence-electron chi connectivity index (χ3n) is 3.91. The number of aromatic amines is 1. The maximum absolute atomic E-state index is 12.4. The normalized spacial score (nSPS) is 19.4. The molecule has 0 amide bonds. The van der Waals surface area contributed by atoms with Crippen molar-refractivity contribution >= 4 is 28.3 Å². The van der Waals surface area contributed by atoms with Crippen molar-refractivity contribution in [1.29, 1.82) is 0 Å². The predicted octanol–water partition coefficient (Wildman–Crippen LogP) is 4.35. The zero-order valence-electron chi connectivity index (χ0n) is 11.3. The summed E-state index contributed by atoms with van der Waals surface area (Å²) in [6.07, 6.45) is 6.81. The summed E-state index contributed by atoms with van der Waals surface area (Å²) in [5.74, 6) is 0.160. The summed E-state index contributed by atoms with van der Waals surface area (Å²) in [5.41, 5.74) is 1.69. The van der Waals surface area contributed by atoms with Crippen LogP contribution in [0.5, 0.6) is 0 Å². The number of halogens is 1. The van der Waals surface area contributed by atoms with Crippen LogP contribution >= 0.6 is 11.6 Å². The number of nitrogens with one attached hydrogen (secondary N) is 1. The van der Waals surface area contributed by atoms with Gasteiger partial charge in [-0.15, -0.1) is 0 Å². The molecule has 1 fully saturated rings. The Balaban J connectivity index is 1.70. The topological polar surface area (TPSA) is 42.1 Å². The number of ketones is 1. The number of Topliss-reactive ketones (excluding diaryl/α,β-unsaturated/α-hetero) is 1. The molecule has 1 aromatic carbocycles. The van der Waals surface area contributed by atoms with Crippen LogP contribution in [0.4, 0.5) is 0 Å². The van der Waals surface area contributed by atoms with Crippen molar-refractivity contribution in [3.05, 3.63) is 35.0 Å². The van der Waals surface area contributed by atoms with Gasteiger partial charge in [-0.3, -0.25) is 4.79 Å². The van der Waals surface area contributed by atoms with Crippen molar-refractivity contribution in [3.8, 4) is 0 Å². The van der Waals surface area contributed by atoms with Crippen molar-refractivity contribution in [2.24, 2.45) is 0 Å². The van der Waals surface area contributed by atoms with Crippen LogP contribution in [0.2, 0.25) is 5.02 Å². The number of carbonyl (C=O) groups excluding carboxylic acids is 1. The highest BCUT2D eigenvalue weighted by atomic mass is 35.5. The van der Waals surface area contributed by atoms with Gasteiger partial charge in [0, 0.05) is 40.7 Å². The lowest BCUT2D eigenvalue weighted by atomic mass is 10.00. The largest absolute Gasteiger partial charge is 0.378 e. The van der Waals surface area contributed by atoms with Crippen LogP contribution in [-0.4, -0.2) is 23.5 Å². The predicted molar refractivity (Wildman–Crippen MR) is 80.5 cm³/mol. The number of ether oxygens (including phenoxy) is 1. The second kappa shape index (κ2) is 5.98. The van der Waals surface area contributed by atoms with E-state index in [0.717, 1.165) is 42.3 Å². The first-order valence-corrected chi connectivity index (χ1v) is 7.53. The lowest BCUT2D eigenvalue weighted by molar-refractivity contribution is 0.0104. The molecule has 4 heteroatoms. The second-order valence-corrected chi connectivity index (χ2v) is 5.78. The van der Waals surface area contributed by atoms with E-state index in [4.69, 9.17) is 16.3 Å². The Hall–Kier alpha value is -1.32. The Morgan fingerprint density at radius 1 is 1.40 bits per heavy atom. The van der Waals surface area contributed by atoms with Crippen molar-refractivity contribution in [2.45, 2.75) is 38.2 Å². The lowest BCUT2D eigenvalue weighted by Crippen LogP contribution is -2.19. The average molecular weight is 292 g/mol. The van der Waals surface area contributed by atoms with E-state index in [1.807, 2.05) is 18.2 Å². The number of H-pyrrole nitrogens is 1. The fourth-order valence-electron chi connectivity index (χ4n) is 2.79. The quantitative estimate of drug-likeness (QED) is 0.851. The third-order valence-corrected chi connectivity index (χ3v) is 4.15. The molecule has 20 heavy (non-hydrogen) atoms. The molecule has 1 N–H and O–H groups in total. The fourth-order valence-corrected chi connectivity index (χ4v) is 2.96. The van der Waals surface area contributed by atoms with Crippen molar-refractivity contribution in [1.82, 2.24) is 4.98 Å². The molecule has 0 saturated carbocycles. The van der Waals surface area contributed by atoms with E-state index in [2.05, 4.69) is 4.98 Å². The standard InChI is InChI=1S/C16H18ClNO2/c17-11-4-6-15-13(9-11)14(10-18-15)16(19)7-5-12-3-1-2-8-20-12/h4,6,9-10,12,18H,1-3,5,7-8H2. The SMILES string of the molecule is O=C(CCC1CCCCO1)c1c[nH]c2ccc(Cl)cc12. The third kappa shape index (κ3) is 2.89. The smallest absolute Gasteiger partial charge is 0.165 e. The number of hydrogen-bond donors (Lipinski definition) is 1. The minimum atomic E-state index is 0.160. The van der Waals surface area contributed by atoms with E-state index in [1.165, 1.54) is 6.42 Å². The van der Waals surface area contributed by atoms with E-state index in [0.29, 0.717) is 11.4 Å². The molecule has 0 bridgehead atoms. The van der Waals surface area contributed by atoms with E-state index >= 15 is 0 Å². The zero-order chi connectivity index (χ0) is 13.9. The van der Waals surface area contributed by atoms with E-state index in [1.54, 1.807) is 6.20 Å². The van der Waals surface area contributed by atoms with Gasteiger partial charge in [0.2, 0.25) is 0 Å². The first-order chi connectivity index (χ1) is 9.74. The number of carbonyl (C=O) groups is 1. The van der Waals surface area contributed by atoms with Crippen molar-refractivity contribution < 1.29 is 9.53 Å². The Morgan fingerprint density at radius 2 is 2.30 bits per heavy atom. The first kappa shape index (κ1) is 13.7. The van der Waals surface area contributed by atoms with Crippen molar-refractivity contribution in [3.63, 3.8) is 0 Å². The molecular formula is C16H18ClNO2. The number of fused-ring (bicyclic) bond motifs is 1. The number of rotatable bonds is 4.